The third kappa shape index (κ3) is 4.57. The maximum Gasteiger partial charge on any atom is 0.252 e. The summed E-state index contributed by atoms with van der Waals surface area (Å²) < 4.78 is 0.654. The lowest BCUT2D eigenvalue weighted by molar-refractivity contribution is 0.0909. The molecule has 18 heavy (non-hydrogen) atoms. The van der Waals surface area contributed by atoms with Crippen molar-refractivity contribution >= 4 is 51.7 Å². The minimum Gasteiger partial charge on any atom is -0.391 e. The highest BCUT2D eigenvalue weighted by atomic mass is 127. The van der Waals surface area contributed by atoms with E-state index in [1.54, 1.807) is 12.1 Å². The van der Waals surface area contributed by atoms with Gasteiger partial charge in [-0.3, -0.25) is 4.79 Å². The van der Waals surface area contributed by atoms with Gasteiger partial charge in [0.2, 0.25) is 0 Å². The Bertz CT molecular complexity index is 440. The normalized spacial score (nSPS) is 12.3. The molecule has 0 aromatic heterocycles. The molecule has 0 fully saturated rings. The summed E-state index contributed by atoms with van der Waals surface area (Å²) >= 11 is 13.8. The number of carbonyl (C=O) groups excluding carboxylic acids is 1. The number of amides is 1. The number of rotatable bonds is 5. The predicted molar refractivity (Wildman–Crippen MR) is 82.4 cm³/mol. The highest BCUT2D eigenvalue weighted by Gasteiger charge is 2.14. The molecule has 0 aliphatic rings. The van der Waals surface area contributed by atoms with Crippen molar-refractivity contribution in [3.63, 3.8) is 0 Å². The van der Waals surface area contributed by atoms with E-state index in [1.807, 2.05) is 29.5 Å². The minimum atomic E-state index is -0.522. The zero-order chi connectivity index (χ0) is 13.7. The van der Waals surface area contributed by atoms with E-state index < -0.39 is 6.10 Å². The van der Waals surface area contributed by atoms with Crippen LogP contribution in [0.15, 0.2) is 12.1 Å². The summed E-state index contributed by atoms with van der Waals surface area (Å²) in [5.74, 6) is -0.279. The highest BCUT2D eigenvalue weighted by Crippen LogP contribution is 2.26. The van der Waals surface area contributed by atoms with Crippen LogP contribution in [0.5, 0.6) is 0 Å². The third-order valence-electron chi connectivity index (χ3n) is 2.36. The second-order valence-electron chi connectivity index (χ2n) is 3.90. The molecule has 0 radical (unpaired) electrons. The number of aliphatic hydroxyl groups is 1. The molecule has 1 aromatic carbocycles. The second kappa shape index (κ2) is 7.53. The molecule has 1 atom stereocenters. The van der Waals surface area contributed by atoms with Crippen LogP contribution in [0.4, 0.5) is 0 Å². The molecule has 1 aromatic rings. The molecule has 1 unspecified atom stereocenters. The molecule has 1 rings (SSSR count). The van der Waals surface area contributed by atoms with E-state index in [1.165, 1.54) is 0 Å². The Morgan fingerprint density at radius 2 is 2.17 bits per heavy atom. The number of aliphatic hydroxyl groups excluding tert-OH is 1. The fraction of sp³-hybridized carbons (Fsp3) is 0.417. The van der Waals surface area contributed by atoms with Crippen LogP contribution in [0.1, 0.15) is 30.1 Å². The first-order chi connectivity index (χ1) is 8.45. The monoisotopic (exact) mass is 401 g/mol. The molecule has 1 amide bonds. The van der Waals surface area contributed by atoms with Crippen molar-refractivity contribution in [2.24, 2.45) is 0 Å². The summed E-state index contributed by atoms with van der Waals surface area (Å²) in [7, 11) is 0. The molecule has 100 valence electrons. The number of halogens is 3. The van der Waals surface area contributed by atoms with Crippen LogP contribution in [0.3, 0.4) is 0 Å². The van der Waals surface area contributed by atoms with Gasteiger partial charge in [-0.15, -0.1) is 0 Å². The van der Waals surface area contributed by atoms with Gasteiger partial charge in [-0.1, -0.05) is 36.5 Å². The van der Waals surface area contributed by atoms with Gasteiger partial charge in [-0.2, -0.15) is 0 Å². The van der Waals surface area contributed by atoms with Gasteiger partial charge in [0.1, 0.15) is 0 Å². The lowest BCUT2D eigenvalue weighted by Crippen LogP contribution is -2.32. The topological polar surface area (TPSA) is 49.3 Å². The van der Waals surface area contributed by atoms with Crippen LogP contribution in [-0.2, 0) is 0 Å². The molecule has 0 bridgehead atoms. The van der Waals surface area contributed by atoms with Crippen molar-refractivity contribution in [3.8, 4) is 0 Å². The average molecular weight is 402 g/mol. The summed E-state index contributed by atoms with van der Waals surface area (Å²) in [4.78, 5) is 11.9. The molecule has 0 spiro atoms. The number of hydrogen-bond donors (Lipinski definition) is 2. The van der Waals surface area contributed by atoms with Crippen molar-refractivity contribution in [2.45, 2.75) is 25.9 Å². The quantitative estimate of drug-likeness (QED) is 0.586. The first-order valence-corrected chi connectivity index (χ1v) is 7.40. The smallest absolute Gasteiger partial charge is 0.252 e. The van der Waals surface area contributed by atoms with Gasteiger partial charge in [0.15, 0.2) is 0 Å². The van der Waals surface area contributed by atoms with Gasteiger partial charge in [0.25, 0.3) is 5.91 Å². The molecule has 0 heterocycles. The molecular formula is C12H14Cl2INO2. The van der Waals surface area contributed by atoms with E-state index >= 15 is 0 Å². The van der Waals surface area contributed by atoms with E-state index in [0.29, 0.717) is 25.6 Å². The summed E-state index contributed by atoms with van der Waals surface area (Å²) in [5.41, 5.74) is 0.428. The summed E-state index contributed by atoms with van der Waals surface area (Å²) in [5, 5.41) is 13.1. The maximum absolute atomic E-state index is 11.9. The largest absolute Gasteiger partial charge is 0.391 e. The Kier molecular flexibility index (Phi) is 6.70. The Morgan fingerprint density at radius 3 is 2.78 bits per heavy atom. The number of carbonyl (C=O) groups is 1. The van der Waals surface area contributed by atoms with Gasteiger partial charge in [-0.05, 0) is 41.1 Å². The van der Waals surface area contributed by atoms with Gasteiger partial charge in [0, 0.05) is 15.1 Å². The standard InChI is InChI=1S/C12H14Cl2INO2/c1-2-3-8(17)6-16-12(18)9-4-7(13)5-10(14)11(9)15/h4-5,8,17H,2-3,6H2,1H3,(H,16,18). The zero-order valence-corrected chi connectivity index (χ0v) is 13.5. The lowest BCUT2D eigenvalue weighted by Gasteiger charge is -2.12. The Balaban J connectivity index is 2.73. The van der Waals surface area contributed by atoms with Crippen LogP contribution in [0.25, 0.3) is 0 Å². The van der Waals surface area contributed by atoms with Gasteiger partial charge < -0.3 is 10.4 Å². The van der Waals surface area contributed by atoms with Gasteiger partial charge in [0.05, 0.1) is 16.7 Å². The molecule has 3 nitrogen and oxygen atoms in total. The zero-order valence-electron chi connectivity index (χ0n) is 9.84. The highest BCUT2D eigenvalue weighted by molar-refractivity contribution is 14.1. The summed E-state index contributed by atoms with van der Waals surface area (Å²) in [6.07, 6.45) is 1.01. The first kappa shape index (κ1) is 16.0. The number of nitrogens with one attached hydrogen (secondary N) is 1. The Labute approximate surface area is 130 Å². The van der Waals surface area contributed by atoms with E-state index in [-0.39, 0.29) is 12.5 Å². The van der Waals surface area contributed by atoms with Crippen LogP contribution >= 0.6 is 45.8 Å². The Morgan fingerprint density at radius 1 is 1.50 bits per heavy atom. The van der Waals surface area contributed by atoms with E-state index in [9.17, 15) is 9.90 Å². The van der Waals surface area contributed by atoms with Crippen LogP contribution in [-0.4, -0.2) is 23.7 Å². The van der Waals surface area contributed by atoms with Crippen molar-refractivity contribution in [1.29, 1.82) is 0 Å². The molecule has 0 saturated carbocycles. The summed E-state index contributed by atoms with van der Waals surface area (Å²) in [6, 6.07) is 3.16. The predicted octanol–water partition coefficient (Wildman–Crippen LogP) is 3.49. The number of hydrogen-bond acceptors (Lipinski definition) is 2. The van der Waals surface area contributed by atoms with Gasteiger partial charge in [-0.25, -0.2) is 0 Å². The van der Waals surface area contributed by atoms with Crippen molar-refractivity contribution in [2.75, 3.05) is 6.54 Å². The second-order valence-corrected chi connectivity index (χ2v) is 5.82. The lowest BCUT2D eigenvalue weighted by atomic mass is 10.2. The average Bonchev–Trinajstić information content (AvgIpc) is 2.31. The fourth-order valence-electron chi connectivity index (χ4n) is 1.46. The first-order valence-electron chi connectivity index (χ1n) is 5.56. The van der Waals surface area contributed by atoms with Crippen molar-refractivity contribution < 1.29 is 9.90 Å². The van der Waals surface area contributed by atoms with Crippen molar-refractivity contribution in [3.05, 3.63) is 31.3 Å². The maximum atomic E-state index is 11.9. The molecule has 0 saturated heterocycles. The molecule has 2 N–H and O–H groups in total. The SMILES string of the molecule is CCCC(O)CNC(=O)c1cc(Cl)cc(Cl)c1I. The third-order valence-corrected chi connectivity index (χ3v) is 4.36. The minimum absolute atomic E-state index is 0.229. The van der Waals surface area contributed by atoms with E-state index in [0.717, 1.165) is 6.42 Å². The fourth-order valence-corrected chi connectivity index (χ4v) is 2.51. The molecular weight excluding hydrogens is 388 g/mol. The van der Waals surface area contributed by atoms with E-state index in [2.05, 4.69) is 5.32 Å². The van der Waals surface area contributed by atoms with Crippen LogP contribution in [0, 0.1) is 3.57 Å². The number of benzene rings is 1. The summed E-state index contributed by atoms with van der Waals surface area (Å²) in [6.45, 7) is 2.21. The Hall–Kier alpha value is -0.0400. The van der Waals surface area contributed by atoms with Gasteiger partial charge >= 0.3 is 0 Å². The molecule has 6 heteroatoms. The molecule has 0 aliphatic carbocycles. The van der Waals surface area contributed by atoms with Crippen LogP contribution in [0.2, 0.25) is 10.0 Å². The van der Waals surface area contributed by atoms with E-state index in [4.69, 9.17) is 23.2 Å². The van der Waals surface area contributed by atoms with Crippen molar-refractivity contribution in [1.82, 2.24) is 5.32 Å². The molecule has 0 aliphatic heterocycles. The van der Waals surface area contributed by atoms with Crippen LogP contribution < -0.4 is 5.32 Å².